The molecule has 2 heterocycles. The SMILES string of the molecule is Nc1cnn(CC(N)Cn2ncc(N)c2N)c1N. The fourth-order valence-corrected chi connectivity index (χ4v) is 1.61. The van der Waals surface area contributed by atoms with Crippen LogP contribution in [-0.2, 0) is 13.1 Å². The first-order valence-electron chi connectivity index (χ1n) is 5.38. The standard InChI is InChI=1S/C9H17N9/c10-5(3-17-8(13)6(11)1-15-17)4-18-9(14)7(12)2-16-18/h1-2,5H,3-4,10-14H2. The van der Waals surface area contributed by atoms with Crippen molar-refractivity contribution in [2.75, 3.05) is 22.9 Å². The Balaban J connectivity index is 2.03. The van der Waals surface area contributed by atoms with Crippen LogP contribution < -0.4 is 28.7 Å². The maximum atomic E-state index is 5.98. The summed E-state index contributed by atoms with van der Waals surface area (Å²) in [4.78, 5) is 0. The summed E-state index contributed by atoms with van der Waals surface area (Å²) in [7, 11) is 0. The maximum Gasteiger partial charge on any atom is 0.145 e. The summed E-state index contributed by atoms with van der Waals surface area (Å²) in [5, 5.41) is 8.05. The number of rotatable bonds is 4. The second-order valence-corrected chi connectivity index (χ2v) is 4.09. The number of hydrogen-bond acceptors (Lipinski definition) is 7. The van der Waals surface area contributed by atoms with E-state index in [0.717, 1.165) is 0 Å². The molecular weight excluding hydrogens is 234 g/mol. The molecule has 10 N–H and O–H groups in total. The first-order valence-corrected chi connectivity index (χ1v) is 5.38. The third kappa shape index (κ3) is 2.15. The summed E-state index contributed by atoms with van der Waals surface area (Å²) in [6.45, 7) is 0.838. The fraction of sp³-hybridized carbons (Fsp3) is 0.333. The maximum absolute atomic E-state index is 5.98. The van der Waals surface area contributed by atoms with Crippen LogP contribution in [0.3, 0.4) is 0 Å². The number of hydrogen-bond donors (Lipinski definition) is 5. The van der Waals surface area contributed by atoms with Crippen LogP contribution >= 0.6 is 0 Å². The quantitative estimate of drug-likeness (QED) is 0.438. The molecule has 0 aromatic carbocycles. The molecule has 0 unspecified atom stereocenters. The Labute approximate surface area is 103 Å². The third-order valence-corrected chi connectivity index (χ3v) is 2.63. The van der Waals surface area contributed by atoms with E-state index in [9.17, 15) is 0 Å². The van der Waals surface area contributed by atoms with Crippen molar-refractivity contribution < 1.29 is 0 Å². The molecule has 0 radical (unpaired) electrons. The van der Waals surface area contributed by atoms with Crippen LogP contribution in [0.1, 0.15) is 0 Å². The molecule has 0 fully saturated rings. The molecule has 0 bridgehead atoms. The van der Waals surface area contributed by atoms with Crippen molar-refractivity contribution in [2.45, 2.75) is 19.1 Å². The van der Waals surface area contributed by atoms with E-state index < -0.39 is 0 Å². The van der Waals surface area contributed by atoms with Gasteiger partial charge in [0.2, 0.25) is 0 Å². The molecule has 9 nitrogen and oxygen atoms in total. The summed E-state index contributed by atoms with van der Waals surface area (Å²) >= 11 is 0. The molecule has 0 amide bonds. The first kappa shape index (κ1) is 12.0. The lowest BCUT2D eigenvalue weighted by atomic mass is 10.3. The molecule has 9 heteroatoms. The van der Waals surface area contributed by atoms with Crippen LogP contribution in [0.2, 0.25) is 0 Å². The van der Waals surface area contributed by atoms with Crippen molar-refractivity contribution in [3.05, 3.63) is 12.4 Å². The van der Waals surface area contributed by atoms with Gasteiger partial charge in [-0.1, -0.05) is 0 Å². The van der Waals surface area contributed by atoms with E-state index in [1.807, 2.05) is 0 Å². The van der Waals surface area contributed by atoms with Gasteiger partial charge in [0, 0.05) is 6.04 Å². The predicted octanol–water partition coefficient (Wildman–Crippen LogP) is -1.56. The van der Waals surface area contributed by atoms with Gasteiger partial charge in [-0.3, -0.25) is 0 Å². The molecule has 0 aliphatic carbocycles. The molecular formula is C9H17N9. The minimum Gasteiger partial charge on any atom is -0.394 e. The largest absolute Gasteiger partial charge is 0.394 e. The Bertz CT molecular complexity index is 492. The lowest BCUT2D eigenvalue weighted by molar-refractivity contribution is 0.443. The van der Waals surface area contributed by atoms with Crippen molar-refractivity contribution in [1.29, 1.82) is 0 Å². The average Bonchev–Trinajstić information content (AvgIpc) is 2.80. The third-order valence-electron chi connectivity index (χ3n) is 2.63. The topological polar surface area (TPSA) is 166 Å². The Morgan fingerprint density at radius 3 is 1.56 bits per heavy atom. The highest BCUT2D eigenvalue weighted by molar-refractivity contribution is 5.57. The van der Waals surface area contributed by atoms with Crippen molar-refractivity contribution in [2.24, 2.45) is 5.73 Å². The van der Waals surface area contributed by atoms with Crippen LogP contribution in [-0.4, -0.2) is 25.6 Å². The molecule has 0 aliphatic rings. The highest BCUT2D eigenvalue weighted by atomic mass is 15.3. The van der Waals surface area contributed by atoms with Crippen LogP contribution in [0.4, 0.5) is 23.0 Å². The molecule has 0 saturated carbocycles. The van der Waals surface area contributed by atoms with Gasteiger partial charge in [-0.15, -0.1) is 0 Å². The van der Waals surface area contributed by atoms with Gasteiger partial charge in [-0.05, 0) is 0 Å². The van der Waals surface area contributed by atoms with Crippen molar-refractivity contribution in [3.63, 3.8) is 0 Å². The Kier molecular flexibility index (Phi) is 2.98. The lowest BCUT2D eigenvalue weighted by Gasteiger charge is -2.13. The Morgan fingerprint density at radius 1 is 0.889 bits per heavy atom. The van der Waals surface area contributed by atoms with E-state index in [0.29, 0.717) is 36.1 Å². The minimum atomic E-state index is -0.256. The molecule has 2 aromatic heterocycles. The van der Waals surface area contributed by atoms with E-state index in [4.69, 9.17) is 28.7 Å². The van der Waals surface area contributed by atoms with Crippen LogP contribution in [0.15, 0.2) is 12.4 Å². The van der Waals surface area contributed by atoms with Gasteiger partial charge < -0.3 is 28.7 Å². The molecule has 0 spiro atoms. The molecule has 2 aromatic rings. The number of nitrogen functional groups attached to an aromatic ring is 4. The van der Waals surface area contributed by atoms with Gasteiger partial charge in [-0.25, -0.2) is 9.36 Å². The summed E-state index contributed by atoms with van der Waals surface area (Å²) in [5.41, 5.74) is 29.5. The summed E-state index contributed by atoms with van der Waals surface area (Å²) in [6, 6.07) is -0.256. The second-order valence-electron chi connectivity index (χ2n) is 4.09. The number of anilines is 4. The van der Waals surface area contributed by atoms with Crippen molar-refractivity contribution in [3.8, 4) is 0 Å². The number of nitrogens with two attached hydrogens (primary N) is 5. The summed E-state index contributed by atoms with van der Waals surface area (Å²) in [6.07, 6.45) is 2.98. The van der Waals surface area contributed by atoms with E-state index in [1.165, 1.54) is 12.4 Å². The van der Waals surface area contributed by atoms with E-state index in [-0.39, 0.29) is 6.04 Å². The lowest BCUT2D eigenvalue weighted by Crippen LogP contribution is -2.32. The van der Waals surface area contributed by atoms with Crippen molar-refractivity contribution >= 4 is 23.0 Å². The normalized spacial score (nSPS) is 11.2. The van der Waals surface area contributed by atoms with Gasteiger partial charge >= 0.3 is 0 Å². The van der Waals surface area contributed by atoms with E-state index in [1.54, 1.807) is 9.36 Å². The zero-order valence-corrected chi connectivity index (χ0v) is 9.82. The average molecular weight is 251 g/mol. The van der Waals surface area contributed by atoms with Gasteiger partial charge in [0.1, 0.15) is 11.6 Å². The Morgan fingerprint density at radius 2 is 1.28 bits per heavy atom. The number of aromatic nitrogens is 4. The minimum absolute atomic E-state index is 0.256. The highest BCUT2D eigenvalue weighted by Crippen LogP contribution is 2.15. The monoisotopic (exact) mass is 251 g/mol. The second kappa shape index (κ2) is 4.45. The van der Waals surface area contributed by atoms with E-state index >= 15 is 0 Å². The van der Waals surface area contributed by atoms with Gasteiger partial charge in [0.05, 0.1) is 36.9 Å². The molecule has 2 rings (SSSR count). The predicted molar refractivity (Wildman–Crippen MR) is 70.1 cm³/mol. The van der Waals surface area contributed by atoms with Gasteiger partial charge in [-0.2, -0.15) is 10.2 Å². The molecule has 18 heavy (non-hydrogen) atoms. The molecule has 0 aliphatic heterocycles. The first-order chi connectivity index (χ1) is 8.49. The fourth-order valence-electron chi connectivity index (χ4n) is 1.61. The molecule has 98 valence electrons. The van der Waals surface area contributed by atoms with Gasteiger partial charge in [0.15, 0.2) is 0 Å². The highest BCUT2D eigenvalue weighted by Gasteiger charge is 2.12. The van der Waals surface area contributed by atoms with Crippen LogP contribution in [0.5, 0.6) is 0 Å². The van der Waals surface area contributed by atoms with Crippen LogP contribution in [0.25, 0.3) is 0 Å². The Hall–Kier alpha value is -2.42. The van der Waals surface area contributed by atoms with E-state index in [2.05, 4.69) is 10.2 Å². The van der Waals surface area contributed by atoms with Crippen molar-refractivity contribution in [1.82, 2.24) is 19.6 Å². The zero-order valence-electron chi connectivity index (χ0n) is 9.82. The summed E-state index contributed by atoms with van der Waals surface area (Å²) < 4.78 is 3.09. The van der Waals surface area contributed by atoms with Gasteiger partial charge in [0.25, 0.3) is 0 Å². The smallest absolute Gasteiger partial charge is 0.145 e. The zero-order chi connectivity index (χ0) is 13.3. The number of nitrogens with zero attached hydrogens (tertiary/aromatic N) is 4. The molecule has 0 atom stereocenters. The molecule has 0 saturated heterocycles. The summed E-state index contributed by atoms with van der Waals surface area (Å²) in [5.74, 6) is 0.803. The van der Waals surface area contributed by atoms with Crippen LogP contribution in [0, 0.1) is 0 Å².